The molecule has 0 spiro atoms. The molecule has 0 aliphatic carbocycles. The standard InChI is InChI=1S/C14H19NO3/c1-5-12(16)15-11-7-6-9(14(2,3)4)8-10(11)13(17)18/h6-8H,5H2,1-4H3,(H,15,16)(H,17,18). The highest BCUT2D eigenvalue weighted by molar-refractivity contribution is 6.00. The fourth-order valence-corrected chi connectivity index (χ4v) is 1.54. The molecule has 0 atom stereocenters. The number of benzene rings is 1. The average molecular weight is 249 g/mol. The Morgan fingerprint density at radius 1 is 1.28 bits per heavy atom. The van der Waals surface area contributed by atoms with Crippen LogP contribution in [0.25, 0.3) is 0 Å². The van der Waals surface area contributed by atoms with E-state index in [1.54, 1.807) is 19.1 Å². The molecule has 98 valence electrons. The Morgan fingerprint density at radius 3 is 2.33 bits per heavy atom. The minimum Gasteiger partial charge on any atom is -0.478 e. The topological polar surface area (TPSA) is 66.4 Å². The number of rotatable bonds is 3. The third kappa shape index (κ3) is 3.32. The van der Waals surface area contributed by atoms with E-state index in [0.717, 1.165) is 5.56 Å². The predicted octanol–water partition coefficient (Wildman–Crippen LogP) is 3.03. The molecule has 2 N–H and O–H groups in total. The van der Waals surface area contributed by atoms with E-state index in [4.69, 9.17) is 0 Å². The molecule has 0 bridgehead atoms. The molecule has 0 saturated carbocycles. The summed E-state index contributed by atoms with van der Waals surface area (Å²) in [7, 11) is 0. The Bertz CT molecular complexity index is 472. The summed E-state index contributed by atoms with van der Waals surface area (Å²) < 4.78 is 0. The van der Waals surface area contributed by atoms with E-state index in [-0.39, 0.29) is 16.9 Å². The number of hydrogen-bond acceptors (Lipinski definition) is 2. The molecule has 1 amide bonds. The second kappa shape index (κ2) is 5.21. The second-order valence-electron chi connectivity index (χ2n) is 5.22. The smallest absolute Gasteiger partial charge is 0.337 e. The molecule has 18 heavy (non-hydrogen) atoms. The van der Waals surface area contributed by atoms with Crippen LogP contribution in [-0.4, -0.2) is 17.0 Å². The van der Waals surface area contributed by atoms with Crippen LogP contribution in [0.2, 0.25) is 0 Å². The molecule has 1 aromatic rings. The highest BCUT2D eigenvalue weighted by atomic mass is 16.4. The summed E-state index contributed by atoms with van der Waals surface area (Å²) in [4.78, 5) is 22.6. The molecule has 0 saturated heterocycles. The van der Waals surface area contributed by atoms with Gasteiger partial charge in [-0.25, -0.2) is 4.79 Å². The number of anilines is 1. The van der Waals surface area contributed by atoms with Crippen LogP contribution in [0.5, 0.6) is 0 Å². The number of amides is 1. The van der Waals surface area contributed by atoms with Crippen molar-refractivity contribution in [3.63, 3.8) is 0 Å². The van der Waals surface area contributed by atoms with Crippen LogP contribution < -0.4 is 5.32 Å². The first-order chi connectivity index (χ1) is 8.25. The van der Waals surface area contributed by atoms with Crippen LogP contribution >= 0.6 is 0 Å². The number of hydrogen-bond donors (Lipinski definition) is 2. The van der Waals surface area contributed by atoms with Crippen molar-refractivity contribution in [2.24, 2.45) is 0 Å². The van der Waals surface area contributed by atoms with E-state index < -0.39 is 5.97 Å². The zero-order valence-electron chi connectivity index (χ0n) is 11.2. The number of nitrogens with one attached hydrogen (secondary N) is 1. The number of carbonyl (C=O) groups is 2. The van der Waals surface area contributed by atoms with Crippen LogP contribution in [0.3, 0.4) is 0 Å². The van der Waals surface area contributed by atoms with Crippen molar-refractivity contribution in [2.45, 2.75) is 39.5 Å². The summed E-state index contributed by atoms with van der Waals surface area (Å²) in [5.74, 6) is -1.23. The number of carboxylic acids is 1. The summed E-state index contributed by atoms with van der Waals surface area (Å²) in [6.45, 7) is 7.76. The van der Waals surface area contributed by atoms with Gasteiger partial charge in [0.25, 0.3) is 0 Å². The minimum atomic E-state index is -1.03. The Kier molecular flexibility index (Phi) is 4.11. The maximum Gasteiger partial charge on any atom is 0.337 e. The largest absolute Gasteiger partial charge is 0.478 e. The van der Waals surface area contributed by atoms with Gasteiger partial charge in [0, 0.05) is 6.42 Å². The van der Waals surface area contributed by atoms with Gasteiger partial charge >= 0.3 is 5.97 Å². The van der Waals surface area contributed by atoms with Gasteiger partial charge in [0.05, 0.1) is 11.3 Å². The number of carboxylic acid groups (broad SMARTS) is 1. The minimum absolute atomic E-state index is 0.127. The predicted molar refractivity (Wildman–Crippen MR) is 71.0 cm³/mol. The van der Waals surface area contributed by atoms with Crippen LogP contribution in [0, 0.1) is 0 Å². The van der Waals surface area contributed by atoms with Crippen molar-refractivity contribution in [3.05, 3.63) is 29.3 Å². The summed E-state index contributed by atoms with van der Waals surface area (Å²) in [6, 6.07) is 5.11. The van der Waals surface area contributed by atoms with Gasteiger partial charge in [-0.3, -0.25) is 4.79 Å². The van der Waals surface area contributed by atoms with Gasteiger partial charge in [-0.2, -0.15) is 0 Å². The molecule has 1 rings (SSSR count). The molecule has 0 aromatic heterocycles. The molecular weight excluding hydrogens is 230 g/mol. The zero-order chi connectivity index (χ0) is 13.9. The molecule has 1 aromatic carbocycles. The summed E-state index contributed by atoms with van der Waals surface area (Å²) >= 11 is 0. The van der Waals surface area contributed by atoms with Crippen molar-refractivity contribution in [2.75, 3.05) is 5.32 Å². The highest BCUT2D eigenvalue weighted by Crippen LogP contribution is 2.27. The monoisotopic (exact) mass is 249 g/mol. The van der Waals surface area contributed by atoms with Crippen molar-refractivity contribution in [1.29, 1.82) is 0 Å². The third-order valence-corrected chi connectivity index (χ3v) is 2.71. The van der Waals surface area contributed by atoms with E-state index in [2.05, 4.69) is 5.32 Å². The normalized spacial score (nSPS) is 11.1. The third-order valence-electron chi connectivity index (χ3n) is 2.71. The summed E-state index contributed by atoms with van der Waals surface area (Å²) in [5, 5.41) is 11.8. The van der Waals surface area contributed by atoms with Crippen LogP contribution in [0.15, 0.2) is 18.2 Å². The first-order valence-corrected chi connectivity index (χ1v) is 5.93. The molecule has 4 heteroatoms. The van der Waals surface area contributed by atoms with Crippen molar-refractivity contribution >= 4 is 17.6 Å². The van der Waals surface area contributed by atoms with Gasteiger partial charge in [-0.1, -0.05) is 33.8 Å². The summed E-state index contributed by atoms with van der Waals surface area (Å²) in [5.41, 5.74) is 1.28. The van der Waals surface area contributed by atoms with Crippen molar-refractivity contribution < 1.29 is 14.7 Å². The van der Waals surface area contributed by atoms with E-state index in [9.17, 15) is 14.7 Å². The maximum absolute atomic E-state index is 11.3. The molecule has 0 fully saturated rings. The van der Waals surface area contributed by atoms with Crippen LogP contribution in [0.1, 0.15) is 50.0 Å². The fraction of sp³-hybridized carbons (Fsp3) is 0.429. The van der Waals surface area contributed by atoms with Gasteiger partial charge in [0.2, 0.25) is 5.91 Å². The van der Waals surface area contributed by atoms with E-state index in [1.807, 2.05) is 26.8 Å². The van der Waals surface area contributed by atoms with E-state index in [0.29, 0.717) is 12.1 Å². The van der Waals surface area contributed by atoms with Gasteiger partial charge in [0.15, 0.2) is 0 Å². The van der Waals surface area contributed by atoms with Gasteiger partial charge < -0.3 is 10.4 Å². The first-order valence-electron chi connectivity index (χ1n) is 5.93. The van der Waals surface area contributed by atoms with E-state index in [1.165, 1.54) is 0 Å². The first kappa shape index (κ1) is 14.2. The average Bonchev–Trinajstić information content (AvgIpc) is 2.27. The maximum atomic E-state index is 11.3. The molecule has 0 aliphatic rings. The quantitative estimate of drug-likeness (QED) is 0.865. The molecule has 4 nitrogen and oxygen atoms in total. The number of aromatic carboxylic acids is 1. The van der Waals surface area contributed by atoms with Crippen molar-refractivity contribution in [1.82, 2.24) is 0 Å². The Morgan fingerprint density at radius 2 is 1.89 bits per heavy atom. The second-order valence-corrected chi connectivity index (χ2v) is 5.22. The van der Waals surface area contributed by atoms with Crippen LogP contribution in [-0.2, 0) is 10.2 Å². The van der Waals surface area contributed by atoms with Gasteiger partial charge in [-0.05, 0) is 23.1 Å². The summed E-state index contributed by atoms with van der Waals surface area (Å²) in [6.07, 6.45) is 0.320. The lowest BCUT2D eigenvalue weighted by Crippen LogP contribution is -2.16. The molecule has 0 aliphatic heterocycles. The fourth-order valence-electron chi connectivity index (χ4n) is 1.54. The lowest BCUT2D eigenvalue weighted by molar-refractivity contribution is -0.115. The van der Waals surface area contributed by atoms with E-state index >= 15 is 0 Å². The Hall–Kier alpha value is -1.84. The molecule has 0 unspecified atom stereocenters. The zero-order valence-corrected chi connectivity index (χ0v) is 11.2. The molecular formula is C14H19NO3. The molecule has 0 radical (unpaired) electrons. The Labute approximate surface area is 107 Å². The SMILES string of the molecule is CCC(=O)Nc1ccc(C(C)(C)C)cc1C(=O)O. The van der Waals surface area contributed by atoms with Crippen molar-refractivity contribution in [3.8, 4) is 0 Å². The molecule has 0 heterocycles. The Balaban J connectivity index is 3.21. The highest BCUT2D eigenvalue weighted by Gasteiger charge is 2.18. The lowest BCUT2D eigenvalue weighted by Gasteiger charge is -2.20. The number of carbonyl (C=O) groups excluding carboxylic acids is 1. The lowest BCUT2D eigenvalue weighted by atomic mass is 9.86. The van der Waals surface area contributed by atoms with Gasteiger partial charge in [0.1, 0.15) is 0 Å². The van der Waals surface area contributed by atoms with Gasteiger partial charge in [-0.15, -0.1) is 0 Å². The van der Waals surface area contributed by atoms with Crippen LogP contribution in [0.4, 0.5) is 5.69 Å².